The van der Waals surface area contributed by atoms with Gasteiger partial charge in [-0.3, -0.25) is 0 Å². The molecular weight excluding hydrogens is 532 g/mol. The SMILES string of the molecule is C/C=C\c1c(C)c2ccccc2n1-c1ccccc1N(c1ccc(-c2ccccc2)cc1)c1ccc(-c2ccccc2)cc1. The predicted octanol–water partition coefficient (Wildman–Crippen LogP) is 11.8. The summed E-state index contributed by atoms with van der Waals surface area (Å²) in [7, 11) is 0. The van der Waals surface area contributed by atoms with Crippen molar-refractivity contribution in [2.45, 2.75) is 13.8 Å². The monoisotopic (exact) mass is 566 g/mol. The van der Waals surface area contributed by atoms with E-state index >= 15 is 0 Å². The summed E-state index contributed by atoms with van der Waals surface area (Å²) in [5.74, 6) is 0. The van der Waals surface area contributed by atoms with Crippen LogP contribution in [0.2, 0.25) is 0 Å². The Morgan fingerprint density at radius 1 is 0.500 bits per heavy atom. The largest absolute Gasteiger partial charge is 0.308 e. The van der Waals surface area contributed by atoms with E-state index in [9.17, 15) is 0 Å². The highest BCUT2D eigenvalue weighted by molar-refractivity contribution is 5.92. The molecule has 0 amide bonds. The Kier molecular flexibility index (Phi) is 7.40. The van der Waals surface area contributed by atoms with Gasteiger partial charge in [0.15, 0.2) is 0 Å². The summed E-state index contributed by atoms with van der Waals surface area (Å²) in [6, 6.07) is 56.4. The van der Waals surface area contributed by atoms with Gasteiger partial charge in [-0.2, -0.15) is 0 Å². The Hall–Kier alpha value is -5.60. The second kappa shape index (κ2) is 11.9. The number of anilines is 3. The first-order valence-corrected chi connectivity index (χ1v) is 15.2. The molecule has 7 aromatic rings. The van der Waals surface area contributed by atoms with E-state index in [1.165, 1.54) is 44.4 Å². The van der Waals surface area contributed by atoms with Crippen molar-refractivity contribution in [3.8, 4) is 27.9 Å². The van der Waals surface area contributed by atoms with Crippen LogP contribution < -0.4 is 4.90 Å². The van der Waals surface area contributed by atoms with Crippen LogP contribution in [-0.4, -0.2) is 4.57 Å². The zero-order valence-corrected chi connectivity index (χ0v) is 25.1. The molecule has 0 saturated heterocycles. The van der Waals surface area contributed by atoms with Gasteiger partial charge in [0.1, 0.15) is 0 Å². The number of aromatic nitrogens is 1. The van der Waals surface area contributed by atoms with Crippen LogP contribution in [0.15, 0.2) is 164 Å². The van der Waals surface area contributed by atoms with Crippen LogP contribution in [-0.2, 0) is 0 Å². The summed E-state index contributed by atoms with van der Waals surface area (Å²) in [5.41, 5.74) is 12.9. The zero-order chi connectivity index (χ0) is 29.9. The summed E-state index contributed by atoms with van der Waals surface area (Å²) in [6.07, 6.45) is 4.35. The molecule has 0 atom stereocenters. The molecule has 6 aromatic carbocycles. The lowest BCUT2D eigenvalue weighted by Crippen LogP contribution is -2.13. The molecule has 0 aliphatic carbocycles. The van der Waals surface area contributed by atoms with E-state index in [0.717, 1.165) is 22.7 Å². The fraction of sp³-hybridized carbons (Fsp3) is 0.0476. The molecule has 0 spiro atoms. The van der Waals surface area contributed by atoms with Gasteiger partial charge in [-0.25, -0.2) is 0 Å². The van der Waals surface area contributed by atoms with Crippen LogP contribution in [0.5, 0.6) is 0 Å². The minimum Gasteiger partial charge on any atom is -0.308 e. The van der Waals surface area contributed by atoms with Crippen LogP contribution in [0.1, 0.15) is 18.2 Å². The number of nitrogens with zero attached hydrogens (tertiary/aromatic N) is 2. The first kappa shape index (κ1) is 27.2. The van der Waals surface area contributed by atoms with Crippen molar-refractivity contribution < 1.29 is 0 Å². The number of fused-ring (bicyclic) bond motifs is 1. The smallest absolute Gasteiger partial charge is 0.0702 e. The van der Waals surface area contributed by atoms with Gasteiger partial charge in [-0.1, -0.05) is 121 Å². The van der Waals surface area contributed by atoms with Gasteiger partial charge in [-0.15, -0.1) is 0 Å². The molecule has 2 nitrogen and oxygen atoms in total. The lowest BCUT2D eigenvalue weighted by Gasteiger charge is -2.29. The van der Waals surface area contributed by atoms with Crippen LogP contribution in [0.3, 0.4) is 0 Å². The molecule has 2 heteroatoms. The van der Waals surface area contributed by atoms with Crippen molar-refractivity contribution in [1.82, 2.24) is 4.57 Å². The highest BCUT2D eigenvalue weighted by Crippen LogP contribution is 2.42. The van der Waals surface area contributed by atoms with Crippen LogP contribution >= 0.6 is 0 Å². The molecule has 0 N–H and O–H groups in total. The third-order valence-corrected chi connectivity index (χ3v) is 8.33. The molecular formula is C42H34N2. The first-order chi connectivity index (χ1) is 21.7. The maximum absolute atomic E-state index is 2.41. The maximum Gasteiger partial charge on any atom is 0.0702 e. The average Bonchev–Trinajstić information content (AvgIpc) is 3.37. The summed E-state index contributed by atoms with van der Waals surface area (Å²) in [4.78, 5) is 2.38. The minimum absolute atomic E-state index is 1.10. The molecule has 7 rings (SSSR count). The van der Waals surface area contributed by atoms with Gasteiger partial charge in [0.05, 0.1) is 16.9 Å². The molecule has 1 aromatic heterocycles. The highest BCUT2D eigenvalue weighted by Gasteiger charge is 2.21. The fourth-order valence-corrected chi connectivity index (χ4v) is 6.17. The Morgan fingerprint density at radius 2 is 0.977 bits per heavy atom. The topological polar surface area (TPSA) is 8.17 Å². The quantitative estimate of drug-likeness (QED) is 0.186. The molecule has 0 aliphatic rings. The van der Waals surface area contributed by atoms with Crippen molar-refractivity contribution in [1.29, 1.82) is 0 Å². The van der Waals surface area contributed by atoms with Crippen molar-refractivity contribution >= 4 is 34.0 Å². The number of hydrogen-bond donors (Lipinski definition) is 0. The van der Waals surface area contributed by atoms with Crippen molar-refractivity contribution in [2.24, 2.45) is 0 Å². The molecule has 0 fully saturated rings. The molecule has 0 unspecified atom stereocenters. The summed E-state index contributed by atoms with van der Waals surface area (Å²) in [5, 5.41) is 1.27. The fourth-order valence-electron chi connectivity index (χ4n) is 6.17. The molecule has 1 heterocycles. The Labute approximate surface area is 259 Å². The predicted molar refractivity (Wildman–Crippen MR) is 188 cm³/mol. The molecule has 212 valence electrons. The summed E-state index contributed by atoms with van der Waals surface area (Å²) < 4.78 is 2.41. The normalized spacial score (nSPS) is 11.3. The third-order valence-electron chi connectivity index (χ3n) is 8.33. The summed E-state index contributed by atoms with van der Waals surface area (Å²) >= 11 is 0. The van der Waals surface area contributed by atoms with E-state index < -0.39 is 0 Å². The van der Waals surface area contributed by atoms with E-state index in [2.05, 4.69) is 193 Å². The Bertz CT molecular complexity index is 1970. The molecule has 0 bridgehead atoms. The number of benzene rings is 6. The average molecular weight is 567 g/mol. The third kappa shape index (κ3) is 5.01. The van der Waals surface area contributed by atoms with Gasteiger partial charge in [0, 0.05) is 22.5 Å². The molecule has 0 radical (unpaired) electrons. The van der Waals surface area contributed by atoms with Gasteiger partial charge in [0.25, 0.3) is 0 Å². The van der Waals surface area contributed by atoms with E-state index in [1.54, 1.807) is 0 Å². The highest BCUT2D eigenvalue weighted by atomic mass is 15.2. The minimum atomic E-state index is 1.10. The van der Waals surface area contributed by atoms with Gasteiger partial charge >= 0.3 is 0 Å². The van der Waals surface area contributed by atoms with E-state index in [1.807, 2.05) is 0 Å². The van der Waals surface area contributed by atoms with Crippen molar-refractivity contribution in [2.75, 3.05) is 4.90 Å². The zero-order valence-electron chi connectivity index (χ0n) is 25.1. The number of para-hydroxylation sites is 3. The van der Waals surface area contributed by atoms with Gasteiger partial charge in [0.2, 0.25) is 0 Å². The number of aryl methyl sites for hydroxylation is 1. The van der Waals surface area contributed by atoms with E-state index in [-0.39, 0.29) is 0 Å². The standard InChI is InChI=1S/C42H34N2/c1-3-14-39-31(2)38-19-10-11-20-40(38)44(39)42-22-13-12-21-41(42)43(36-27-23-34(24-28-36)32-15-6-4-7-16-32)37-29-25-35(26-30-37)33-17-8-5-9-18-33/h3-30H,1-2H3/b14-3-. The lowest BCUT2D eigenvalue weighted by molar-refractivity contribution is 1.08. The van der Waals surface area contributed by atoms with Crippen LogP contribution in [0.25, 0.3) is 44.9 Å². The molecule has 0 aliphatic heterocycles. The van der Waals surface area contributed by atoms with Crippen LogP contribution in [0.4, 0.5) is 17.1 Å². The number of rotatable bonds is 7. The molecule has 0 saturated carbocycles. The Balaban J connectivity index is 1.43. The lowest BCUT2D eigenvalue weighted by atomic mass is 10.0. The number of allylic oxidation sites excluding steroid dienone is 1. The maximum atomic E-state index is 2.41. The number of hydrogen-bond acceptors (Lipinski definition) is 1. The van der Waals surface area contributed by atoms with Gasteiger partial charge < -0.3 is 9.47 Å². The second-order valence-corrected chi connectivity index (χ2v) is 11.0. The second-order valence-electron chi connectivity index (χ2n) is 11.0. The van der Waals surface area contributed by atoms with E-state index in [0.29, 0.717) is 0 Å². The first-order valence-electron chi connectivity index (χ1n) is 15.2. The van der Waals surface area contributed by atoms with E-state index in [4.69, 9.17) is 0 Å². The summed E-state index contributed by atoms with van der Waals surface area (Å²) in [6.45, 7) is 4.31. The van der Waals surface area contributed by atoms with Gasteiger partial charge in [-0.05, 0) is 90.2 Å². The van der Waals surface area contributed by atoms with Crippen LogP contribution in [0, 0.1) is 6.92 Å². The van der Waals surface area contributed by atoms with Crippen molar-refractivity contribution in [3.63, 3.8) is 0 Å². The molecule has 44 heavy (non-hydrogen) atoms. The van der Waals surface area contributed by atoms with Crippen molar-refractivity contribution in [3.05, 3.63) is 175 Å². The Morgan fingerprint density at radius 3 is 1.55 bits per heavy atom.